The van der Waals surface area contributed by atoms with Crippen LogP contribution < -0.4 is 10.2 Å². The van der Waals surface area contributed by atoms with Crippen molar-refractivity contribution in [2.45, 2.75) is 366 Å². The van der Waals surface area contributed by atoms with Crippen molar-refractivity contribution >= 4 is 13.7 Å². The van der Waals surface area contributed by atoms with Gasteiger partial charge in [0.05, 0.1) is 39.9 Å². The van der Waals surface area contributed by atoms with E-state index in [0.29, 0.717) is 17.4 Å². The van der Waals surface area contributed by atoms with Gasteiger partial charge in [-0.05, 0) is 57.8 Å². The summed E-state index contributed by atoms with van der Waals surface area (Å²) in [6, 6.07) is -0.903. The van der Waals surface area contributed by atoms with Crippen LogP contribution in [0.4, 0.5) is 0 Å². The summed E-state index contributed by atoms with van der Waals surface area (Å²) in [6.07, 6.45) is 81.3. The van der Waals surface area contributed by atoms with Crippen LogP contribution in [0.3, 0.4) is 0 Å². The molecule has 0 radical (unpaired) electrons. The number of carbonyl (C=O) groups is 1. The molecule has 0 saturated carbocycles. The fourth-order valence-electron chi connectivity index (χ4n) is 10.6. The van der Waals surface area contributed by atoms with Crippen molar-refractivity contribution in [3.8, 4) is 0 Å². The first-order chi connectivity index (χ1) is 38.5. The Hall–Kier alpha value is -1.28. The molecule has 3 atom stereocenters. The number of phosphoric ester groups is 1. The molecule has 0 aromatic carbocycles. The van der Waals surface area contributed by atoms with E-state index in [0.717, 1.165) is 38.5 Å². The van der Waals surface area contributed by atoms with Crippen LogP contribution in [0.15, 0.2) is 36.5 Å². The smallest absolute Gasteiger partial charge is 0.268 e. The lowest BCUT2D eigenvalue weighted by atomic mass is 10.0. The third kappa shape index (κ3) is 64.1. The number of phosphoric acid groups is 1. The molecule has 0 aliphatic rings. The fourth-order valence-corrected chi connectivity index (χ4v) is 11.4. The normalized spacial score (nSPS) is 13.9. The van der Waals surface area contributed by atoms with Crippen molar-refractivity contribution < 1.29 is 32.9 Å². The molecule has 0 rings (SSSR count). The molecule has 0 heterocycles. The molecule has 0 aliphatic heterocycles. The highest BCUT2D eigenvalue weighted by molar-refractivity contribution is 7.45. The van der Waals surface area contributed by atoms with Gasteiger partial charge in [-0.3, -0.25) is 9.36 Å². The molecule has 0 aromatic heterocycles. The molecule has 0 bridgehead atoms. The maximum absolute atomic E-state index is 13.0. The van der Waals surface area contributed by atoms with Crippen LogP contribution in [0.5, 0.6) is 0 Å². The average molecular weight is 1130 g/mol. The van der Waals surface area contributed by atoms with Gasteiger partial charge in [0.1, 0.15) is 13.2 Å². The number of unbranched alkanes of at least 4 members (excludes halogenated alkanes) is 48. The van der Waals surface area contributed by atoms with Gasteiger partial charge in [-0.1, -0.05) is 326 Å². The predicted octanol–water partition coefficient (Wildman–Crippen LogP) is 21.4. The summed E-state index contributed by atoms with van der Waals surface area (Å²) in [4.78, 5) is 25.6. The summed E-state index contributed by atoms with van der Waals surface area (Å²) < 4.78 is 23.4. The van der Waals surface area contributed by atoms with Crippen LogP contribution in [0.1, 0.15) is 354 Å². The highest BCUT2D eigenvalue weighted by Crippen LogP contribution is 2.38. The molecule has 0 aliphatic carbocycles. The standard InChI is InChI=1S/C70H137N2O6P/c1-6-8-10-12-14-16-18-20-22-24-26-28-30-32-33-34-35-36-37-38-39-40-42-44-46-48-50-52-54-56-58-60-62-64-70(74)71-68(67-78-79(75,76)77-66-65-72(3,4)5)69(73)63-61-59-57-55-53-51-49-47-45-43-41-31-29-27-25-23-21-19-17-15-13-11-9-7-2/h32-33,53,55,61,63,68-69,73H,6-31,34-52,54,56-60,62,64-67H2,1-5H3,(H-,71,74,75,76)/b33-32-,55-53+,63-61+. The van der Waals surface area contributed by atoms with Crippen molar-refractivity contribution in [3.63, 3.8) is 0 Å². The quantitative estimate of drug-likeness (QED) is 0.0272. The second-order valence-electron chi connectivity index (χ2n) is 25.2. The van der Waals surface area contributed by atoms with Crippen molar-refractivity contribution in [2.24, 2.45) is 0 Å². The molecule has 0 fully saturated rings. The molecule has 9 heteroatoms. The zero-order valence-corrected chi connectivity index (χ0v) is 54.5. The molecule has 0 saturated heterocycles. The van der Waals surface area contributed by atoms with Crippen LogP contribution >= 0.6 is 7.82 Å². The van der Waals surface area contributed by atoms with Gasteiger partial charge in [0.15, 0.2) is 0 Å². The number of hydrogen-bond donors (Lipinski definition) is 2. The van der Waals surface area contributed by atoms with Crippen LogP contribution in [0, 0.1) is 0 Å². The van der Waals surface area contributed by atoms with E-state index >= 15 is 0 Å². The zero-order chi connectivity index (χ0) is 57.7. The molecule has 0 spiro atoms. The van der Waals surface area contributed by atoms with Crippen molar-refractivity contribution in [1.29, 1.82) is 0 Å². The summed E-state index contributed by atoms with van der Waals surface area (Å²) >= 11 is 0. The first kappa shape index (κ1) is 77.7. The summed E-state index contributed by atoms with van der Waals surface area (Å²) in [7, 11) is 1.26. The summed E-state index contributed by atoms with van der Waals surface area (Å²) in [6.45, 7) is 4.69. The number of aliphatic hydroxyl groups is 1. The largest absolute Gasteiger partial charge is 0.756 e. The molecule has 468 valence electrons. The van der Waals surface area contributed by atoms with Gasteiger partial charge in [-0.25, -0.2) is 0 Å². The Kier molecular flexibility index (Phi) is 60.3. The topological polar surface area (TPSA) is 108 Å². The van der Waals surface area contributed by atoms with Gasteiger partial charge in [0.2, 0.25) is 5.91 Å². The molecule has 2 N–H and O–H groups in total. The Morgan fingerprint density at radius 2 is 0.709 bits per heavy atom. The van der Waals surface area contributed by atoms with E-state index in [-0.39, 0.29) is 19.1 Å². The third-order valence-electron chi connectivity index (χ3n) is 16.1. The number of rotatable bonds is 65. The summed E-state index contributed by atoms with van der Waals surface area (Å²) in [5, 5.41) is 13.9. The third-order valence-corrected chi connectivity index (χ3v) is 17.0. The van der Waals surface area contributed by atoms with Gasteiger partial charge < -0.3 is 28.8 Å². The van der Waals surface area contributed by atoms with E-state index in [2.05, 4.69) is 43.5 Å². The SMILES string of the molecule is CCCCCCCCCCCCCC/C=C\CCCCCCCCCCCCCCCCCCCC(=O)NC(COP(=O)([O-])OCC[N+](C)(C)C)C(O)/C=C/CC/C=C/CCCCCCCCCCCCCCCCCCCC. The van der Waals surface area contributed by atoms with Crippen LogP contribution in [0.25, 0.3) is 0 Å². The van der Waals surface area contributed by atoms with Crippen molar-refractivity contribution in [3.05, 3.63) is 36.5 Å². The zero-order valence-electron chi connectivity index (χ0n) is 53.6. The van der Waals surface area contributed by atoms with E-state index in [4.69, 9.17) is 9.05 Å². The first-order valence-corrected chi connectivity index (χ1v) is 36.3. The maximum atomic E-state index is 13.0. The Bertz CT molecular complexity index is 1380. The minimum absolute atomic E-state index is 0.00466. The summed E-state index contributed by atoms with van der Waals surface area (Å²) in [5.41, 5.74) is 0. The number of hydrogen-bond acceptors (Lipinski definition) is 6. The second-order valence-corrected chi connectivity index (χ2v) is 26.6. The van der Waals surface area contributed by atoms with E-state index in [1.54, 1.807) is 6.08 Å². The number of quaternary nitrogens is 1. The van der Waals surface area contributed by atoms with E-state index in [1.807, 2.05) is 27.2 Å². The Morgan fingerprint density at radius 1 is 0.430 bits per heavy atom. The van der Waals surface area contributed by atoms with Crippen molar-refractivity contribution in [2.75, 3.05) is 40.9 Å². The molecule has 1 amide bonds. The number of nitrogens with zero attached hydrogens (tertiary/aromatic N) is 1. The second kappa shape index (κ2) is 61.3. The van der Waals surface area contributed by atoms with Crippen molar-refractivity contribution in [1.82, 2.24) is 5.32 Å². The number of likely N-dealkylation sites (N-methyl/N-ethyl adjacent to an activating group) is 1. The molecule has 0 aromatic rings. The summed E-state index contributed by atoms with van der Waals surface area (Å²) in [5.74, 6) is -0.200. The first-order valence-electron chi connectivity index (χ1n) is 34.9. The minimum Gasteiger partial charge on any atom is -0.756 e. The molecule has 8 nitrogen and oxygen atoms in total. The average Bonchev–Trinajstić information content (AvgIpc) is 3.42. The van der Waals surface area contributed by atoms with E-state index < -0.39 is 20.0 Å². The van der Waals surface area contributed by atoms with E-state index in [1.165, 1.54) is 295 Å². The lowest BCUT2D eigenvalue weighted by molar-refractivity contribution is -0.870. The van der Waals surface area contributed by atoms with Crippen LogP contribution in [-0.2, 0) is 18.4 Å². The fraction of sp³-hybridized carbons (Fsp3) is 0.900. The number of allylic oxidation sites excluding steroid dienone is 5. The van der Waals surface area contributed by atoms with Gasteiger partial charge in [-0.15, -0.1) is 0 Å². The Balaban J connectivity index is 4.06. The van der Waals surface area contributed by atoms with Gasteiger partial charge in [0, 0.05) is 6.42 Å². The maximum Gasteiger partial charge on any atom is 0.268 e. The van der Waals surface area contributed by atoms with Gasteiger partial charge >= 0.3 is 0 Å². The number of aliphatic hydroxyl groups excluding tert-OH is 1. The molecular weight excluding hydrogens is 996 g/mol. The molecular formula is C70H137N2O6P. The van der Waals surface area contributed by atoms with E-state index in [9.17, 15) is 19.4 Å². The Morgan fingerprint density at radius 3 is 1.03 bits per heavy atom. The lowest BCUT2D eigenvalue weighted by Gasteiger charge is -2.29. The molecule has 3 unspecified atom stereocenters. The minimum atomic E-state index is -4.61. The van der Waals surface area contributed by atoms with Gasteiger partial charge in [0.25, 0.3) is 7.82 Å². The Labute approximate surface area is 493 Å². The highest BCUT2D eigenvalue weighted by atomic mass is 31.2. The molecule has 79 heavy (non-hydrogen) atoms. The van der Waals surface area contributed by atoms with Gasteiger partial charge in [-0.2, -0.15) is 0 Å². The highest BCUT2D eigenvalue weighted by Gasteiger charge is 2.23. The monoisotopic (exact) mass is 1130 g/mol. The number of carbonyl (C=O) groups excluding carboxylic acids is 1. The predicted molar refractivity (Wildman–Crippen MR) is 344 cm³/mol. The number of nitrogens with one attached hydrogen (secondary N) is 1. The van der Waals surface area contributed by atoms with Crippen LogP contribution in [-0.4, -0.2) is 68.5 Å². The van der Waals surface area contributed by atoms with Crippen LogP contribution in [0.2, 0.25) is 0 Å². The lowest BCUT2D eigenvalue weighted by Crippen LogP contribution is -2.45. The number of amides is 1.